The van der Waals surface area contributed by atoms with E-state index in [1.807, 2.05) is 30.3 Å². The number of guanidine groups is 1. The Morgan fingerprint density at radius 1 is 1.10 bits per heavy atom. The molecule has 0 aliphatic carbocycles. The highest BCUT2D eigenvalue weighted by Gasteiger charge is 2.15. The van der Waals surface area contributed by atoms with Gasteiger partial charge in [0.1, 0.15) is 5.75 Å². The monoisotopic (exact) mass is 540 g/mol. The fourth-order valence-electron chi connectivity index (χ4n) is 3.26. The summed E-state index contributed by atoms with van der Waals surface area (Å²) in [5.41, 5.74) is 2.10. The largest absolute Gasteiger partial charge is 0.497 e. The van der Waals surface area contributed by atoms with E-state index in [0.29, 0.717) is 19.8 Å². The van der Waals surface area contributed by atoms with Crippen molar-refractivity contribution < 1.29 is 14.2 Å². The van der Waals surface area contributed by atoms with Crippen LogP contribution < -0.4 is 24.8 Å². The Morgan fingerprint density at radius 2 is 1.81 bits per heavy atom. The summed E-state index contributed by atoms with van der Waals surface area (Å²) in [6.07, 6.45) is 0.888. The first kappa shape index (κ1) is 25.1. The SMILES string of the molecule is CCNC(=NCC(c1ccc(OC)cc1)N(C)C)Nc1ccc2c(c1)OCCCO2.I. The van der Waals surface area contributed by atoms with E-state index in [1.54, 1.807) is 7.11 Å². The summed E-state index contributed by atoms with van der Waals surface area (Å²) in [4.78, 5) is 7.00. The van der Waals surface area contributed by atoms with Crippen LogP contribution in [0.3, 0.4) is 0 Å². The number of methoxy groups -OCH3 is 1. The number of fused-ring (bicyclic) bond motifs is 1. The van der Waals surface area contributed by atoms with Gasteiger partial charge in [0.15, 0.2) is 17.5 Å². The number of nitrogens with zero attached hydrogens (tertiary/aromatic N) is 2. The quantitative estimate of drug-likeness (QED) is 0.313. The number of aliphatic imine (C=N–C) groups is 1. The average Bonchev–Trinajstić information content (AvgIpc) is 2.99. The van der Waals surface area contributed by atoms with Crippen LogP contribution in [0.1, 0.15) is 24.9 Å². The lowest BCUT2D eigenvalue weighted by atomic mass is 10.1. The zero-order valence-electron chi connectivity index (χ0n) is 18.7. The number of ether oxygens (including phenoxy) is 3. The van der Waals surface area contributed by atoms with Crippen molar-refractivity contribution in [3.05, 3.63) is 48.0 Å². The molecule has 2 aromatic rings. The summed E-state index contributed by atoms with van der Waals surface area (Å²) in [6.45, 7) is 4.78. The molecule has 1 unspecified atom stereocenters. The summed E-state index contributed by atoms with van der Waals surface area (Å²) >= 11 is 0. The number of benzene rings is 2. The van der Waals surface area contributed by atoms with Crippen molar-refractivity contribution in [1.82, 2.24) is 10.2 Å². The maximum absolute atomic E-state index is 5.79. The second-order valence-electron chi connectivity index (χ2n) is 7.31. The van der Waals surface area contributed by atoms with Crippen molar-refractivity contribution in [3.8, 4) is 17.2 Å². The average molecular weight is 540 g/mol. The lowest BCUT2D eigenvalue weighted by molar-refractivity contribution is 0.297. The second kappa shape index (κ2) is 12.6. The predicted octanol–water partition coefficient (Wildman–Crippen LogP) is 4.15. The van der Waals surface area contributed by atoms with Crippen molar-refractivity contribution in [1.29, 1.82) is 0 Å². The molecule has 0 radical (unpaired) electrons. The Balaban J connectivity index is 0.00000341. The van der Waals surface area contributed by atoms with Crippen molar-refractivity contribution in [2.24, 2.45) is 4.99 Å². The smallest absolute Gasteiger partial charge is 0.195 e. The molecule has 2 N–H and O–H groups in total. The standard InChI is InChI=1S/C23H32N4O3.HI/c1-5-24-23(26-18-9-12-21-22(15-18)30-14-6-13-29-21)25-16-20(27(2)3)17-7-10-19(28-4)11-8-17;/h7-12,15,20H,5-6,13-14,16H2,1-4H3,(H2,24,25,26);1H. The molecule has 170 valence electrons. The van der Waals surface area contributed by atoms with Gasteiger partial charge in [0, 0.05) is 24.7 Å². The van der Waals surface area contributed by atoms with Crippen LogP contribution in [-0.2, 0) is 0 Å². The Labute approximate surface area is 202 Å². The molecule has 1 aliphatic rings. The minimum absolute atomic E-state index is 0. The molecular formula is C23H33IN4O3. The highest BCUT2D eigenvalue weighted by molar-refractivity contribution is 14.0. The van der Waals surface area contributed by atoms with E-state index < -0.39 is 0 Å². The number of hydrogen-bond acceptors (Lipinski definition) is 5. The Bertz CT molecular complexity index is 843. The molecule has 0 saturated carbocycles. The first-order chi connectivity index (χ1) is 14.6. The molecule has 0 amide bonds. The van der Waals surface area contributed by atoms with Gasteiger partial charge in [-0.1, -0.05) is 12.1 Å². The highest BCUT2D eigenvalue weighted by Crippen LogP contribution is 2.32. The maximum atomic E-state index is 5.79. The van der Waals surface area contributed by atoms with Crippen LogP contribution in [0.5, 0.6) is 17.2 Å². The van der Waals surface area contributed by atoms with E-state index in [0.717, 1.165) is 41.9 Å². The van der Waals surface area contributed by atoms with E-state index in [-0.39, 0.29) is 30.0 Å². The lowest BCUT2D eigenvalue weighted by Gasteiger charge is -2.24. The molecule has 0 spiro atoms. The fraction of sp³-hybridized carbons (Fsp3) is 0.435. The summed E-state index contributed by atoms with van der Waals surface area (Å²) < 4.78 is 16.8. The molecule has 3 rings (SSSR count). The normalized spacial score (nSPS) is 14.3. The number of halogens is 1. The van der Waals surface area contributed by atoms with E-state index in [1.165, 1.54) is 5.56 Å². The molecule has 0 bridgehead atoms. The summed E-state index contributed by atoms with van der Waals surface area (Å²) in [7, 11) is 5.81. The molecule has 0 saturated heterocycles. The van der Waals surface area contributed by atoms with E-state index in [9.17, 15) is 0 Å². The van der Waals surface area contributed by atoms with Crippen molar-refractivity contribution in [3.63, 3.8) is 0 Å². The zero-order chi connectivity index (χ0) is 21.3. The van der Waals surface area contributed by atoms with Gasteiger partial charge in [-0.25, -0.2) is 0 Å². The topological polar surface area (TPSA) is 67.4 Å². The van der Waals surface area contributed by atoms with Gasteiger partial charge in [-0.2, -0.15) is 0 Å². The molecule has 0 aromatic heterocycles. The van der Waals surface area contributed by atoms with Crippen LogP contribution in [0.15, 0.2) is 47.5 Å². The number of rotatable bonds is 7. The summed E-state index contributed by atoms with van der Waals surface area (Å²) in [5, 5.41) is 6.70. The molecule has 31 heavy (non-hydrogen) atoms. The number of anilines is 1. The molecule has 7 nitrogen and oxygen atoms in total. The number of hydrogen-bond donors (Lipinski definition) is 2. The molecule has 0 fully saturated rings. The lowest BCUT2D eigenvalue weighted by Crippen LogP contribution is -2.32. The van der Waals surface area contributed by atoms with Crippen LogP contribution in [0.4, 0.5) is 5.69 Å². The molecule has 2 aromatic carbocycles. The molecule has 1 atom stereocenters. The number of likely N-dealkylation sites (N-methyl/N-ethyl adjacent to an activating group) is 1. The minimum Gasteiger partial charge on any atom is -0.497 e. The van der Waals surface area contributed by atoms with E-state index in [4.69, 9.17) is 19.2 Å². The van der Waals surface area contributed by atoms with Gasteiger partial charge in [-0.15, -0.1) is 24.0 Å². The third kappa shape index (κ3) is 7.17. The van der Waals surface area contributed by atoms with Crippen molar-refractivity contribution in [2.75, 3.05) is 52.8 Å². The number of nitrogens with one attached hydrogen (secondary N) is 2. The van der Waals surface area contributed by atoms with Crippen LogP contribution in [0.2, 0.25) is 0 Å². The highest BCUT2D eigenvalue weighted by atomic mass is 127. The minimum atomic E-state index is 0. The van der Waals surface area contributed by atoms with Crippen LogP contribution >= 0.6 is 24.0 Å². The van der Waals surface area contributed by atoms with Crippen LogP contribution in [0, 0.1) is 0 Å². The van der Waals surface area contributed by atoms with Crippen molar-refractivity contribution >= 4 is 35.6 Å². The van der Waals surface area contributed by atoms with E-state index >= 15 is 0 Å². The van der Waals surface area contributed by atoms with Gasteiger partial charge in [0.25, 0.3) is 0 Å². The van der Waals surface area contributed by atoms with Gasteiger partial charge >= 0.3 is 0 Å². The second-order valence-corrected chi connectivity index (χ2v) is 7.31. The van der Waals surface area contributed by atoms with Gasteiger partial charge in [-0.3, -0.25) is 4.99 Å². The van der Waals surface area contributed by atoms with E-state index in [2.05, 4.69) is 48.7 Å². The third-order valence-corrected chi connectivity index (χ3v) is 4.90. The molecule has 1 aliphatic heterocycles. The maximum Gasteiger partial charge on any atom is 0.195 e. The molecular weight excluding hydrogens is 507 g/mol. The van der Waals surface area contributed by atoms with Gasteiger partial charge < -0.3 is 29.7 Å². The molecule has 8 heteroatoms. The van der Waals surface area contributed by atoms with Crippen LogP contribution in [-0.4, -0.2) is 58.4 Å². The van der Waals surface area contributed by atoms with Gasteiger partial charge in [0.2, 0.25) is 0 Å². The Kier molecular flexibility index (Phi) is 10.2. The van der Waals surface area contributed by atoms with Crippen LogP contribution in [0.25, 0.3) is 0 Å². The Hall–Kier alpha value is -2.20. The van der Waals surface area contributed by atoms with Gasteiger partial charge in [-0.05, 0) is 50.8 Å². The first-order valence-corrected chi connectivity index (χ1v) is 10.4. The Morgan fingerprint density at radius 3 is 2.45 bits per heavy atom. The van der Waals surface area contributed by atoms with Crippen molar-refractivity contribution in [2.45, 2.75) is 19.4 Å². The summed E-state index contributed by atoms with van der Waals surface area (Å²) in [6, 6.07) is 14.2. The third-order valence-electron chi connectivity index (χ3n) is 4.90. The fourth-order valence-corrected chi connectivity index (χ4v) is 3.26. The summed E-state index contributed by atoms with van der Waals surface area (Å²) in [5.74, 6) is 3.13. The first-order valence-electron chi connectivity index (χ1n) is 10.4. The predicted molar refractivity (Wildman–Crippen MR) is 136 cm³/mol. The molecule has 1 heterocycles. The zero-order valence-corrected chi connectivity index (χ0v) is 21.0. The van der Waals surface area contributed by atoms with Gasteiger partial charge in [0.05, 0.1) is 32.9 Å².